The third-order valence-corrected chi connectivity index (χ3v) is 13.0. The zero-order valence-electron chi connectivity index (χ0n) is 35.5. The van der Waals surface area contributed by atoms with Gasteiger partial charge in [-0.1, -0.05) is 128 Å². The molecule has 8 rings (SSSR count). The fourth-order valence-electron chi connectivity index (χ4n) is 7.66. The Labute approximate surface area is 357 Å². The number of para-hydroxylation sites is 2. The largest absolute Gasteiger partial charge is 0.530 e. The Morgan fingerprint density at radius 1 is 0.433 bits per heavy atom. The Balaban J connectivity index is 1.15. The number of fused-ring (bicyclic) bond motifs is 8. The van der Waals surface area contributed by atoms with E-state index in [1.54, 1.807) is 24.3 Å². The lowest BCUT2D eigenvalue weighted by atomic mass is 9.95. The summed E-state index contributed by atoms with van der Waals surface area (Å²) in [7, 11) is -4.16. The maximum Gasteiger partial charge on any atom is 0.530 e. The van der Waals surface area contributed by atoms with Gasteiger partial charge in [0.1, 0.15) is 34.5 Å². The Bertz CT molecular complexity index is 2240. The number of benzene rings is 6. The van der Waals surface area contributed by atoms with Crippen LogP contribution in [0.2, 0.25) is 0 Å². The van der Waals surface area contributed by atoms with Crippen LogP contribution in [0.15, 0.2) is 121 Å². The molecule has 2 aliphatic heterocycles. The number of hydrogen-bond acceptors (Lipinski definition) is 7. The number of carbonyl (C=O) groups is 1. The highest BCUT2D eigenvalue weighted by Crippen LogP contribution is 2.50. The van der Waals surface area contributed by atoms with Crippen molar-refractivity contribution >= 4 is 23.0 Å². The maximum atomic E-state index is 14.9. The summed E-state index contributed by atoms with van der Waals surface area (Å²) in [6.07, 6.45) is 1.49. The van der Waals surface area contributed by atoms with Crippen molar-refractivity contribution in [1.29, 1.82) is 0 Å². The molecule has 7 nitrogen and oxygen atoms in total. The lowest BCUT2D eigenvalue weighted by Crippen LogP contribution is -2.12. The highest BCUT2D eigenvalue weighted by molar-refractivity contribution is 7.43. The van der Waals surface area contributed by atoms with Crippen LogP contribution in [0.3, 0.4) is 0 Å². The van der Waals surface area contributed by atoms with E-state index in [1.165, 1.54) is 0 Å². The predicted molar refractivity (Wildman–Crippen MR) is 242 cm³/mol. The molecule has 0 atom stereocenters. The summed E-state index contributed by atoms with van der Waals surface area (Å²) in [5.41, 5.74) is 9.40. The molecule has 0 aliphatic carbocycles. The summed E-state index contributed by atoms with van der Waals surface area (Å²) >= 11 is 0. The molecule has 0 saturated carbocycles. The van der Waals surface area contributed by atoms with E-state index >= 15 is 0 Å². The molecule has 0 N–H and O–H groups in total. The molecule has 6 aromatic carbocycles. The molecule has 0 saturated heterocycles. The molecule has 6 aromatic rings. The van der Waals surface area contributed by atoms with E-state index in [9.17, 15) is 4.79 Å². The van der Waals surface area contributed by atoms with Crippen LogP contribution < -0.4 is 27.1 Å². The molecule has 0 unspecified atom stereocenters. The molecule has 8 bridgehead atoms. The van der Waals surface area contributed by atoms with Crippen molar-refractivity contribution in [1.82, 2.24) is 0 Å². The van der Waals surface area contributed by atoms with E-state index in [1.807, 2.05) is 24.3 Å². The first-order valence-electron chi connectivity index (χ1n) is 20.8. The lowest BCUT2D eigenvalue weighted by Gasteiger charge is -2.25. The molecular weight excluding hydrogens is 787 g/mol. The third-order valence-electron chi connectivity index (χ3n) is 10.9. The Kier molecular flexibility index (Phi) is 12.2. The Morgan fingerprint density at radius 2 is 0.717 bits per heavy atom. The fourth-order valence-corrected chi connectivity index (χ4v) is 9.79. The van der Waals surface area contributed by atoms with E-state index in [0.717, 1.165) is 57.3 Å². The molecule has 2 aliphatic rings. The van der Waals surface area contributed by atoms with Crippen molar-refractivity contribution in [3.8, 4) is 34.5 Å². The average Bonchev–Trinajstić information content (AvgIpc) is 3.20. The van der Waals surface area contributed by atoms with Gasteiger partial charge in [-0.15, -0.1) is 0 Å². The first-order chi connectivity index (χ1) is 28.9. The second-order valence-corrected chi connectivity index (χ2v) is 18.8. The van der Waals surface area contributed by atoms with Gasteiger partial charge in [0, 0.05) is 0 Å². The highest BCUT2D eigenvalue weighted by atomic mass is 31.2. The Hall–Kier alpha value is -5.35. The standard InChI is InChI=1S/C51H52O7P2/c1-31(2)39-21-17-35-25-36-18-22-40(32(3)4)48(28-36)56-59(55-47(39)27-35)53-45-15-11-9-13-43(45)51(52)44-14-10-12-16-46(44)54-60-57-49-29-37(19-23-41(49)33(5)6)26-38-20-24-42(34(7)8)50(30-38)58-60/h9-24,27-34H,25-26H2,1-8H3. The second kappa shape index (κ2) is 17.7. The van der Waals surface area contributed by atoms with Crippen molar-refractivity contribution in [3.05, 3.63) is 177 Å². The zero-order chi connectivity index (χ0) is 42.1. The normalized spacial score (nSPS) is 13.9. The zero-order valence-corrected chi connectivity index (χ0v) is 37.3. The summed E-state index contributed by atoms with van der Waals surface area (Å²) in [5.74, 6) is 4.00. The smallest absolute Gasteiger partial charge is 0.408 e. The van der Waals surface area contributed by atoms with Gasteiger partial charge in [0.2, 0.25) is 5.78 Å². The van der Waals surface area contributed by atoms with Gasteiger partial charge in [0.25, 0.3) is 0 Å². The maximum absolute atomic E-state index is 14.9. The van der Waals surface area contributed by atoms with Crippen LogP contribution in [0.25, 0.3) is 0 Å². The van der Waals surface area contributed by atoms with Gasteiger partial charge in [0.15, 0.2) is 0 Å². The summed E-state index contributed by atoms with van der Waals surface area (Å²) < 4.78 is 40.2. The van der Waals surface area contributed by atoms with Gasteiger partial charge in [-0.3, -0.25) is 4.79 Å². The molecule has 2 heterocycles. The molecule has 0 spiro atoms. The van der Waals surface area contributed by atoms with Crippen molar-refractivity contribution in [2.75, 3.05) is 0 Å². The number of hydrogen-bond donors (Lipinski definition) is 0. The van der Waals surface area contributed by atoms with E-state index in [2.05, 4.69) is 128 Å². The fraction of sp³-hybridized carbons (Fsp3) is 0.275. The molecule has 0 amide bonds. The first-order valence-corrected chi connectivity index (χ1v) is 23.0. The van der Waals surface area contributed by atoms with E-state index in [4.69, 9.17) is 27.1 Å². The predicted octanol–water partition coefficient (Wildman–Crippen LogP) is 14.7. The summed E-state index contributed by atoms with van der Waals surface area (Å²) in [6.45, 7) is 17.1. The van der Waals surface area contributed by atoms with E-state index in [0.29, 0.717) is 45.6 Å². The SMILES string of the molecule is CC(C)c1ccc2cc1OP(Oc1ccccc1C(=O)c1ccccc1OP1Oc3cc(ccc3C(C)C)Cc3ccc(C(C)C)c(c3)O1)Oc1cc(ccc1C(C)C)C2. The summed E-state index contributed by atoms with van der Waals surface area (Å²) in [5, 5.41) is 0. The van der Waals surface area contributed by atoms with E-state index < -0.39 is 17.2 Å². The van der Waals surface area contributed by atoms with Crippen LogP contribution in [0.1, 0.15) is 139 Å². The monoisotopic (exact) mass is 838 g/mol. The topological polar surface area (TPSA) is 72.5 Å². The van der Waals surface area contributed by atoms with Crippen LogP contribution >= 0.6 is 17.2 Å². The van der Waals surface area contributed by atoms with Crippen LogP contribution in [0.5, 0.6) is 34.5 Å². The summed E-state index contributed by atoms with van der Waals surface area (Å²) in [4.78, 5) is 14.9. The minimum absolute atomic E-state index is 0.200. The lowest BCUT2D eigenvalue weighted by molar-refractivity contribution is 0.103. The molecule has 9 heteroatoms. The average molecular weight is 839 g/mol. The molecule has 0 aromatic heterocycles. The Morgan fingerprint density at radius 3 is 1.00 bits per heavy atom. The quantitative estimate of drug-likeness (QED) is 0.100. The van der Waals surface area contributed by atoms with Crippen LogP contribution in [0, 0.1) is 0 Å². The number of carbonyl (C=O) groups excluding carboxylic acids is 1. The molecule has 308 valence electrons. The van der Waals surface area contributed by atoms with Crippen LogP contribution in [0.4, 0.5) is 0 Å². The molecule has 0 fully saturated rings. The molecule has 60 heavy (non-hydrogen) atoms. The highest BCUT2D eigenvalue weighted by Gasteiger charge is 2.31. The first kappa shape index (κ1) is 41.4. The van der Waals surface area contributed by atoms with Crippen molar-refractivity contribution in [2.24, 2.45) is 0 Å². The summed E-state index contributed by atoms with van der Waals surface area (Å²) in [6, 6.07) is 39.9. The minimum Gasteiger partial charge on any atom is -0.408 e. The van der Waals surface area contributed by atoms with Gasteiger partial charge in [-0.05, 0) is 130 Å². The minimum atomic E-state index is -2.08. The van der Waals surface area contributed by atoms with Gasteiger partial charge in [-0.25, -0.2) is 0 Å². The van der Waals surface area contributed by atoms with Crippen LogP contribution in [-0.2, 0) is 12.8 Å². The van der Waals surface area contributed by atoms with Gasteiger partial charge >= 0.3 is 17.2 Å². The van der Waals surface area contributed by atoms with Crippen LogP contribution in [-0.4, -0.2) is 5.78 Å². The number of ketones is 1. The second-order valence-electron chi connectivity index (χ2n) is 16.8. The number of rotatable bonds is 10. The van der Waals surface area contributed by atoms with E-state index in [-0.39, 0.29) is 29.5 Å². The van der Waals surface area contributed by atoms with Gasteiger partial charge in [0.05, 0.1) is 11.1 Å². The molecular formula is C51H52O7P2. The molecule has 0 radical (unpaired) electrons. The van der Waals surface area contributed by atoms with Crippen molar-refractivity contribution in [3.63, 3.8) is 0 Å². The third kappa shape index (κ3) is 9.04. The van der Waals surface area contributed by atoms with Crippen molar-refractivity contribution in [2.45, 2.75) is 91.9 Å². The van der Waals surface area contributed by atoms with Crippen molar-refractivity contribution < 1.29 is 31.9 Å². The van der Waals surface area contributed by atoms with Gasteiger partial charge < -0.3 is 27.1 Å². The van der Waals surface area contributed by atoms with Gasteiger partial charge in [-0.2, -0.15) is 0 Å².